The van der Waals surface area contributed by atoms with E-state index >= 15 is 0 Å². The van der Waals surface area contributed by atoms with Gasteiger partial charge >= 0.3 is 0 Å². The molecule has 1 atom stereocenters. The van der Waals surface area contributed by atoms with E-state index in [1.54, 1.807) is 18.7 Å². The first-order valence-corrected chi connectivity index (χ1v) is 12.2. The molecule has 10 nitrogen and oxygen atoms in total. The molecule has 0 radical (unpaired) electrons. The van der Waals surface area contributed by atoms with Gasteiger partial charge in [-0.05, 0) is 46.0 Å². The van der Waals surface area contributed by atoms with Crippen molar-refractivity contribution in [1.29, 1.82) is 0 Å². The highest BCUT2D eigenvalue weighted by molar-refractivity contribution is 5.87. The van der Waals surface area contributed by atoms with Crippen LogP contribution in [0.1, 0.15) is 44.9 Å². The fourth-order valence-corrected chi connectivity index (χ4v) is 5.22. The number of likely N-dealkylation sites (N-methyl/N-ethyl adjacent to an activating group) is 1. The van der Waals surface area contributed by atoms with Gasteiger partial charge in [0, 0.05) is 51.0 Å². The van der Waals surface area contributed by atoms with Gasteiger partial charge in [0.15, 0.2) is 17.0 Å². The maximum Gasteiger partial charge on any atom is 0.225 e. The molecule has 180 valence electrons. The average Bonchev–Trinajstić information content (AvgIpc) is 3.49. The predicted molar refractivity (Wildman–Crippen MR) is 128 cm³/mol. The van der Waals surface area contributed by atoms with Crippen LogP contribution in [0.15, 0.2) is 18.7 Å². The van der Waals surface area contributed by atoms with Gasteiger partial charge in [-0.3, -0.25) is 4.79 Å². The maximum atomic E-state index is 13.1. The Labute approximate surface area is 199 Å². The molecule has 1 saturated heterocycles. The van der Waals surface area contributed by atoms with Crippen molar-refractivity contribution in [1.82, 2.24) is 34.4 Å². The molecule has 3 aromatic heterocycles. The molecule has 1 saturated carbocycles. The van der Waals surface area contributed by atoms with Gasteiger partial charge in [-0.25, -0.2) is 24.9 Å². The summed E-state index contributed by atoms with van der Waals surface area (Å²) in [6.07, 6.45) is 8.81. The van der Waals surface area contributed by atoms with Crippen molar-refractivity contribution >= 4 is 22.9 Å². The molecule has 0 bridgehead atoms. The minimum atomic E-state index is -0.249. The summed E-state index contributed by atoms with van der Waals surface area (Å²) >= 11 is 0. The third-order valence-electron chi connectivity index (χ3n) is 7.27. The lowest BCUT2D eigenvalue weighted by Crippen LogP contribution is -2.40. The van der Waals surface area contributed by atoms with Crippen LogP contribution in [-0.4, -0.2) is 77.7 Å². The number of hydrogen-bond donors (Lipinski definition) is 1. The molecule has 10 heteroatoms. The Hall–Kier alpha value is -3.14. The van der Waals surface area contributed by atoms with Crippen LogP contribution in [0.25, 0.3) is 22.6 Å². The van der Waals surface area contributed by atoms with Crippen LogP contribution in [0, 0.1) is 12.8 Å². The first-order valence-electron chi connectivity index (χ1n) is 12.2. The Kier molecular flexibility index (Phi) is 6.16. The van der Waals surface area contributed by atoms with Gasteiger partial charge in [-0.2, -0.15) is 0 Å². The van der Waals surface area contributed by atoms with Gasteiger partial charge in [-0.1, -0.05) is 0 Å². The lowest BCUT2D eigenvalue weighted by Gasteiger charge is -2.29. The molecular weight excluding hydrogens is 432 g/mol. The van der Waals surface area contributed by atoms with Gasteiger partial charge in [0.05, 0.1) is 11.7 Å². The van der Waals surface area contributed by atoms with Gasteiger partial charge in [-0.15, -0.1) is 0 Å². The van der Waals surface area contributed by atoms with Crippen LogP contribution in [0.2, 0.25) is 0 Å². The standard InChI is InChI=1S/C24H32N8O2/c1-4-32-21(17-11-25-15(2)26-12-17)29-20-22(27-14-28-23(20)32)30(3)18-9-10-31(13-18)24(34)16-5-7-19(33)8-6-16/h11-12,14,16,18-19,33H,4-10,13H2,1-3H3/t16?,18-,19?/m0/s1. The molecule has 0 spiro atoms. The summed E-state index contributed by atoms with van der Waals surface area (Å²) in [5, 5.41) is 9.77. The van der Waals surface area contributed by atoms with Crippen molar-refractivity contribution in [2.24, 2.45) is 5.92 Å². The number of imidazole rings is 1. The zero-order valence-electron chi connectivity index (χ0n) is 20.1. The Morgan fingerprint density at radius 1 is 1.12 bits per heavy atom. The number of aliphatic hydroxyl groups excluding tert-OH is 1. The predicted octanol–water partition coefficient (Wildman–Crippen LogP) is 2.20. The molecule has 1 aliphatic heterocycles. The molecule has 3 aromatic rings. The number of fused-ring (bicyclic) bond motifs is 1. The lowest BCUT2D eigenvalue weighted by atomic mass is 9.86. The topological polar surface area (TPSA) is 113 Å². The van der Waals surface area contributed by atoms with Crippen LogP contribution in [0.4, 0.5) is 5.82 Å². The van der Waals surface area contributed by atoms with Crippen molar-refractivity contribution in [2.45, 2.75) is 64.6 Å². The number of aliphatic hydroxyl groups is 1. The SMILES string of the molecule is CCn1c(-c2cnc(C)nc2)nc2c(N(C)[C@H]3CCN(C(=O)C4CCC(O)CC4)C3)ncnc21. The molecule has 4 heterocycles. The van der Waals surface area contributed by atoms with Crippen molar-refractivity contribution in [3.05, 3.63) is 24.5 Å². The van der Waals surface area contributed by atoms with E-state index in [1.165, 1.54) is 0 Å². The monoisotopic (exact) mass is 464 g/mol. The average molecular weight is 465 g/mol. The van der Waals surface area contributed by atoms with Crippen molar-refractivity contribution in [2.75, 3.05) is 25.0 Å². The summed E-state index contributed by atoms with van der Waals surface area (Å²) in [7, 11) is 2.02. The van der Waals surface area contributed by atoms with Gasteiger partial charge in [0.25, 0.3) is 0 Å². The Bertz CT molecular complexity index is 1170. The summed E-state index contributed by atoms with van der Waals surface area (Å²) in [5.41, 5.74) is 2.37. The van der Waals surface area contributed by atoms with Crippen molar-refractivity contribution in [3.8, 4) is 11.4 Å². The van der Waals surface area contributed by atoms with E-state index in [-0.39, 0.29) is 24.0 Å². The highest BCUT2D eigenvalue weighted by Crippen LogP contribution is 2.31. The molecule has 0 unspecified atom stereocenters. The second-order valence-electron chi connectivity index (χ2n) is 9.41. The fraction of sp³-hybridized carbons (Fsp3) is 0.583. The fourth-order valence-electron chi connectivity index (χ4n) is 5.22. The summed E-state index contributed by atoms with van der Waals surface area (Å²) in [6, 6.07) is 0.161. The van der Waals surface area contributed by atoms with Gasteiger partial charge in [0.1, 0.15) is 18.0 Å². The lowest BCUT2D eigenvalue weighted by molar-refractivity contribution is -0.136. The number of carbonyl (C=O) groups excluding carboxylic acids is 1. The molecule has 2 fully saturated rings. The van der Waals surface area contributed by atoms with Crippen molar-refractivity contribution < 1.29 is 9.90 Å². The quantitative estimate of drug-likeness (QED) is 0.611. The molecule has 1 N–H and O–H groups in total. The number of amides is 1. The van der Waals surface area contributed by atoms with E-state index in [0.29, 0.717) is 18.9 Å². The molecule has 34 heavy (non-hydrogen) atoms. The van der Waals surface area contributed by atoms with E-state index in [1.807, 2.05) is 18.9 Å². The molecule has 1 aliphatic carbocycles. The van der Waals surface area contributed by atoms with Crippen LogP contribution in [-0.2, 0) is 11.3 Å². The van der Waals surface area contributed by atoms with E-state index < -0.39 is 0 Å². The van der Waals surface area contributed by atoms with Crippen LogP contribution in [0.5, 0.6) is 0 Å². The first kappa shape index (κ1) is 22.6. The van der Waals surface area contributed by atoms with Gasteiger partial charge < -0.3 is 19.5 Å². The number of carbonyl (C=O) groups is 1. The number of nitrogens with zero attached hydrogens (tertiary/aromatic N) is 8. The Balaban J connectivity index is 1.39. The van der Waals surface area contributed by atoms with E-state index in [4.69, 9.17) is 4.98 Å². The van der Waals surface area contributed by atoms with E-state index in [9.17, 15) is 9.90 Å². The second-order valence-corrected chi connectivity index (χ2v) is 9.41. The largest absolute Gasteiger partial charge is 0.393 e. The van der Waals surface area contributed by atoms with Crippen LogP contribution < -0.4 is 4.90 Å². The third kappa shape index (κ3) is 4.11. The number of aryl methyl sites for hydroxylation is 2. The third-order valence-corrected chi connectivity index (χ3v) is 7.27. The minimum absolute atomic E-state index is 0.0396. The highest BCUT2D eigenvalue weighted by Gasteiger charge is 2.35. The van der Waals surface area contributed by atoms with E-state index in [0.717, 1.165) is 67.0 Å². The Morgan fingerprint density at radius 2 is 1.85 bits per heavy atom. The summed E-state index contributed by atoms with van der Waals surface area (Å²) in [4.78, 5) is 39.9. The second kappa shape index (κ2) is 9.25. The van der Waals surface area contributed by atoms with Crippen LogP contribution >= 0.6 is 0 Å². The van der Waals surface area contributed by atoms with Crippen LogP contribution in [0.3, 0.4) is 0 Å². The highest BCUT2D eigenvalue weighted by atomic mass is 16.3. The number of aromatic nitrogens is 6. The molecule has 1 amide bonds. The maximum absolute atomic E-state index is 13.1. The van der Waals surface area contributed by atoms with Crippen molar-refractivity contribution in [3.63, 3.8) is 0 Å². The summed E-state index contributed by atoms with van der Waals surface area (Å²) in [5.74, 6) is 2.53. The summed E-state index contributed by atoms with van der Waals surface area (Å²) in [6.45, 7) is 6.05. The van der Waals surface area contributed by atoms with Gasteiger partial charge in [0.2, 0.25) is 5.91 Å². The minimum Gasteiger partial charge on any atom is -0.393 e. The first-order chi connectivity index (χ1) is 16.5. The summed E-state index contributed by atoms with van der Waals surface area (Å²) < 4.78 is 2.06. The van der Waals surface area contributed by atoms with E-state index in [2.05, 4.69) is 36.3 Å². The number of hydrogen-bond acceptors (Lipinski definition) is 8. The molecule has 2 aliphatic rings. The zero-order valence-corrected chi connectivity index (χ0v) is 20.1. The number of anilines is 1. The Morgan fingerprint density at radius 3 is 2.56 bits per heavy atom. The molecular formula is C24H32N8O2. The zero-order chi connectivity index (χ0) is 23.8. The number of rotatable bonds is 5. The smallest absolute Gasteiger partial charge is 0.225 e. The number of likely N-dealkylation sites (tertiary alicyclic amines) is 1. The molecule has 5 rings (SSSR count). The molecule has 0 aromatic carbocycles. The normalized spacial score (nSPS) is 22.9.